The van der Waals surface area contributed by atoms with Gasteiger partial charge in [0.2, 0.25) is 11.8 Å². The normalized spacial score (nSPS) is 15.1. The van der Waals surface area contributed by atoms with Gasteiger partial charge >= 0.3 is 0 Å². The van der Waals surface area contributed by atoms with Crippen LogP contribution in [0.4, 0.5) is 5.69 Å². The standard InChI is InChI=1S/C28H27N3O5/c1-3-36-23-14-12-22(13-15-23)30-25(32)18-24(28(30)35)31(26(33)17-20-9-5-4-6-10-20)29-27(34)21-11-7-8-19(2)16-21/h4-16,24H,3,17-18H2,1-2H3,(H,29,34). The van der Waals surface area contributed by atoms with Crippen molar-refractivity contribution in [2.75, 3.05) is 11.5 Å². The van der Waals surface area contributed by atoms with Gasteiger partial charge in [0.05, 0.1) is 25.1 Å². The topological polar surface area (TPSA) is 96.0 Å². The zero-order valence-electron chi connectivity index (χ0n) is 20.1. The number of nitrogens with zero attached hydrogens (tertiary/aromatic N) is 2. The lowest BCUT2D eigenvalue weighted by Crippen LogP contribution is -2.55. The Morgan fingerprint density at radius 2 is 1.72 bits per heavy atom. The van der Waals surface area contributed by atoms with Crippen molar-refractivity contribution in [1.29, 1.82) is 0 Å². The summed E-state index contributed by atoms with van der Waals surface area (Å²) in [4.78, 5) is 53.8. The van der Waals surface area contributed by atoms with Crippen LogP contribution in [0, 0.1) is 6.92 Å². The van der Waals surface area contributed by atoms with Crippen molar-refractivity contribution in [2.24, 2.45) is 0 Å². The number of anilines is 1. The lowest BCUT2D eigenvalue weighted by molar-refractivity contribution is -0.140. The number of carbonyl (C=O) groups is 4. The van der Waals surface area contributed by atoms with Gasteiger partial charge in [-0.25, -0.2) is 9.91 Å². The van der Waals surface area contributed by atoms with Crippen LogP contribution in [0.1, 0.15) is 34.8 Å². The summed E-state index contributed by atoms with van der Waals surface area (Å²) in [5.41, 5.74) is 4.90. The van der Waals surface area contributed by atoms with E-state index in [-0.39, 0.29) is 12.8 Å². The van der Waals surface area contributed by atoms with Crippen molar-refractivity contribution in [3.8, 4) is 5.75 Å². The number of nitrogens with one attached hydrogen (secondary N) is 1. The van der Waals surface area contributed by atoms with Crippen molar-refractivity contribution >= 4 is 29.3 Å². The third kappa shape index (κ3) is 5.43. The Morgan fingerprint density at radius 3 is 2.39 bits per heavy atom. The van der Waals surface area contributed by atoms with Gasteiger partial charge in [0.15, 0.2) is 0 Å². The monoisotopic (exact) mass is 485 g/mol. The van der Waals surface area contributed by atoms with E-state index in [9.17, 15) is 19.2 Å². The Bertz CT molecular complexity index is 1270. The summed E-state index contributed by atoms with van der Waals surface area (Å²) >= 11 is 0. The quantitative estimate of drug-likeness (QED) is 0.409. The van der Waals surface area contributed by atoms with E-state index in [0.717, 1.165) is 21.0 Å². The van der Waals surface area contributed by atoms with Crippen LogP contribution in [0.3, 0.4) is 0 Å². The third-order valence-corrected chi connectivity index (χ3v) is 5.81. The largest absolute Gasteiger partial charge is 0.494 e. The van der Waals surface area contributed by atoms with Gasteiger partial charge < -0.3 is 4.74 Å². The maximum Gasteiger partial charge on any atom is 0.269 e. The highest BCUT2D eigenvalue weighted by molar-refractivity contribution is 6.23. The zero-order chi connectivity index (χ0) is 25.7. The molecule has 4 amide bonds. The minimum absolute atomic E-state index is 0.0457. The van der Waals surface area contributed by atoms with E-state index >= 15 is 0 Å². The molecule has 0 saturated carbocycles. The van der Waals surface area contributed by atoms with E-state index in [1.165, 1.54) is 0 Å². The molecule has 184 valence electrons. The minimum Gasteiger partial charge on any atom is -0.494 e. The maximum atomic E-state index is 13.4. The SMILES string of the molecule is CCOc1ccc(N2C(=O)CC(N(NC(=O)c3cccc(C)c3)C(=O)Cc3ccccc3)C2=O)cc1. The van der Waals surface area contributed by atoms with Crippen LogP contribution in [0.2, 0.25) is 0 Å². The fourth-order valence-electron chi connectivity index (χ4n) is 4.08. The molecule has 8 nitrogen and oxygen atoms in total. The second-order valence-corrected chi connectivity index (χ2v) is 8.45. The number of benzene rings is 3. The summed E-state index contributed by atoms with van der Waals surface area (Å²) in [5.74, 6) is -1.48. The van der Waals surface area contributed by atoms with Gasteiger partial charge in [-0.2, -0.15) is 0 Å². The summed E-state index contributed by atoms with van der Waals surface area (Å²) in [6.45, 7) is 4.20. The molecule has 3 aromatic rings. The molecule has 4 rings (SSSR count). The summed E-state index contributed by atoms with van der Waals surface area (Å²) in [6.07, 6.45) is -0.295. The Kier molecular flexibility index (Phi) is 7.44. The molecule has 36 heavy (non-hydrogen) atoms. The molecule has 1 saturated heterocycles. The zero-order valence-corrected chi connectivity index (χ0v) is 20.1. The first-order valence-electron chi connectivity index (χ1n) is 11.7. The number of aryl methyl sites for hydroxylation is 1. The Hall–Kier alpha value is -4.46. The first-order valence-corrected chi connectivity index (χ1v) is 11.7. The van der Waals surface area contributed by atoms with E-state index in [2.05, 4.69) is 5.43 Å². The van der Waals surface area contributed by atoms with E-state index in [0.29, 0.717) is 23.6 Å². The molecule has 0 aromatic heterocycles. The smallest absolute Gasteiger partial charge is 0.269 e. The van der Waals surface area contributed by atoms with Gasteiger partial charge in [0, 0.05) is 5.56 Å². The molecule has 1 unspecified atom stereocenters. The van der Waals surface area contributed by atoms with Crippen molar-refractivity contribution < 1.29 is 23.9 Å². The Labute approximate surface area is 209 Å². The minimum atomic E-state index is -1.17. The predicted molar refractivity (Wildman–Crippen MR) is 134 cm³/mol. The number of rotatable bonds is 7. The van der Waals surface area contributed by atoms with Crippen molar-refractivity contribution in [1.82, 2.24) is 10.4 Å². The lowest BCUT2D eigenvalue weighted by atomic mass is 10.1. The summed E-state index contributed by atoms with van der Waals surface area (Å²) in [7, 11) is 0. The highest BCUT2D eigenvalue weighted by Crippen LogP contribution is 2.27. The molecule has 3 aromatic carbocycles. The summed E-state index contributed by atoms with van der Waals surface area (Å²) < 4.78 is 5.43. The number of hydrogen-bond acceptors (Lipinski definition) is 5. The van der Waals surface area contributed by atoms with Crippen molar-refractivity contribution in [3.05, 3.63) is 95.6 Å². The molecular weight excluding hydrogens is 458 g/mol. The molecule has 1 atom stereocenters. The molecule has 1 heterocycles. The van der Waals surface area contributed by atoms with E-state index in [1.807, 2.05) is 26.0 Å². The molecule has 1 aliphatic heterocycles. The van der Waals surface area contributed by atoms with Crippen LogP contribution in [-0.4, -0.2) is 41.3 Å². The molecular formula is C28H27N3O5. The molecule has 0 bridgehead atoms. The average molecular weight is 486 g/mol. The molecule has 0 spiro atoms. The third-order valence-electron chi connectivity index (χ3n) is 5.81. The highest BCUT2D eigenvalue weighted by Gasteiger charge is 2.45. The second kappa shape index (κ2) is 10.9. The summed E-state index contributed by atoms with van der Waals surface area (Å²) in [6, 6.07) is 21.3. The fraction of sp³-hybridized carbons (Fsp3) is 0.214. The predicted octanol–water partition coefficient (Wildman–Crippen LogP) is 3.44. The van der Waals surface area contributed by atoms with Crippen molar-refractivity contribution in [2.45, 2.75) is 32.7 Å². The number of ether oxygens (including phenoxy) is 1. The van der Waals surface area contributed by atoms with Gasteiger partial charge in [-0.1, -0.05) is 48.0 Å². The number of imide groups is 1. The average Bonchev–Trinajstić information content (AvgIpc) is 3.17. The van der Waals surface area contributed by atoms with Gasteiger partial charge in [0.1, 0.15) is 11.8 Å². The molecule has 0 aliphatic carbocycles. The number of hydrazine groups is 1. The fourth-order valence-corrected chi connectivity index (χ4v) is 4.08. The first kappa shape index (κ1) is 24.7. The van der Waals surface area contributed by atoms with Crippen LogP contribution in [-0.2, 0) is 20.8 Å². The Balaban J connectivity index is 1.61. The highest BCUT2D eigenvalue weighted by atomic mass is 16.5. The Morgan fingerprint density at radius 1 is 1.00 bits per heavy atom. The number of amides is 4. The molecule has 8 heteroatoms. The van der Waals surface area contributed by atoms with E-state index < -0.39 is 29.7 Å². The molecule has 0 radical (unpaired) electrons. The number of hydrogen-bond donors (Lipinski definition) is 1. The summed E-state index contributed by atoms with van der Waals surface area (Å²) in [5, 5.41) is 1.01. The molecule has 1 N–H and O–H groups in total. The van der Waals surface area contributed by atoms with Gasteiger partial charge in [-0.05, 0) is 55.8 Å². The van der Waals surface area contributed by atoms with Crippen LogP contribution in [0.15, 0.2) is 78.9 Å². The van der Waals surface area contributed by atoms with E-state index in [1.54, 1.807) is 66.7 Å². The van der Waals surface area contributed by atoms with Crippen LogP contribution >= 0.6 is 0 Å². The van der Waals surface area contributed by atoms with Gasteiger partial charge in [-0.15, -0.1) is 0 Å². The molecule has 1 aliphatic rings. The van der Waals surface area contributed by atoms with Crippen molar-refractivity contribution in [3.63, 3.8) is 0 Å². The number of carbonyl (C=O) groups excluding carboxylic acids is 4. The maximum absolute atomic E-state index is 13.4. The van der Waals surface area contributed by atoms with Crippen LogP contribution < -0.4 is 15.1 Å². The second-order valence-electron chi connectivity index (χ2n) is 8.45. The van der Waals surface area contributed by atoms with Crippen LogP contribution in [0.25, 0.3) is 0 Å². The van der Waals surface area contributed by atoms with Gasteiger partial charge in [0.25, 0.3) is 11.8 Å². The van der Waals surface area contributed by atoms with Gasteiger partial charge in [-0.3, -0.25) is 24.6 Å². The van der Waals surface area contributed by atoms with Crippen LogP contribution in [0.5, 0.6) is 5.75 Å². The van der Waals surface area contributed by atoms with E-state index in [4.69, 9.17) is 4.74 Å². The molecule has 1 fully saturated rings. The first-order chi connectivity index (χ1) is 17.4. The lowest BCUT2D eigenvalue weighted by Gasteiger charge is -2.28.